The third kappa shape index (κ3) is 4.34. The van der Waals surface area contributed by atoms with E-state index in [1.165, 1.54) is 18.2 Å². The zero-order valence-electron chi connectivity index (χ0n) is 10.8. The molecule has 3 nitrogen and oxygen atoms in total. The summed E-state index contributed by atoms with van der Waals surface area (Å²) in [5.41, 5.74) is 0.832. The maximum absolute atomic E-state index is 12.2. The van der Waals surface area contributed by atoms with Crippen molar-refractivity contribution in [2.45, 2.75) is 10.3 Å². The first kappa shape index (κ1) is 16.6. The molecule has 2 rings (SSSR count). The van der Waals surface area contributed by atoms with Gasteiger partial charge in [0.2, 0.25) is 10.0 Å². The summed E-state index contributed by atoms with van der Waals surface area (Å²) in [6.45, 7) is 0.0523. The first-order valence-corrected chi connectivity index (χ1v) is 8.71. The van der Waals surface area contributed by atoms with Crippen LogP contribution in [0.15, 0.2) is 53.4 Å². The summed E-state index contributed by atoms with van der Waals surface area (Å²) in [6, 6.07) is 13.5. The van der Waals surface area contributed by atoms with Gasteiger partial charge in [-0.1, -0.05) is 53.5 Å². The van der Waals surface area contributed by atoms with Crippen LogP contribution in [-0.4, -0.2) is 15.0 Å². The molecular formula is C14H12Cl3NO2S. The lowest BCUT2D eigenvalue weighted by atomic mass is 10.1. The summed E-state index contributed by atoms with van der Waals surface area (Å²) < 4.78 is 26.9. The third-order valence-corrected chi connectivity index (χ3v) is 5.34. The van der Waals surface area contributed by atoms with E-state index in [0.29, 0.717) is 5.02 Å². The molecule has 0 saturated carbocycles. The zero-order valence-corrected chi connectivity index (χ0v) is 13.8. The molecule has 1 unspecified atom stereocenters. The Hall–Kier alpha value is -0.780. The molecule has 0 aliphatic carbocycles. The molecule has 0 spiro atoms. The molecule has 1 atom stereocenters. The van der Waals surface area contributed by atoms with Gasteiger partial charge in [0.15, 0.2) is 0 Å². The fourth-order valence-electron chi connectivity index (χ4n) is 1.72. The maximum Gasteiger partial charge on any atom is 0.242 e. The molecule has 0 aromatic heterocycles. The average molecular weight is 365 g/mol. The van der Waals surface area contributed by atoms with Gasteiger partial charge in [-0.05, 0) is 23.8 Å². The lowest BCUT2D eigenvalue weighted by molar-refractivity contribution is 0.581. The number of hydrogen-bond donors (Lipinski definition) is 1. The molecule has 1 N–H and O–H groups in total. The molecule has 0 radical (unpaired) electrons. The van der Waals surface area contributed by atoms with Crippen molar-refractivity contribution >= 4 is 44.8 Å². The number of sulfonamides is 1. The van der Waals surface area contributed by atoms with Gasteiger partial charge in [0.1, 0.15) is 4.90 Å². The van der Waals surface area contributed by atoms with Crippen LogP contribution < -0.4 is 4.72 Å². The Kier molecular flexibility index (Phi) is 5.52. The Morgan fingerprint density at radius 2 is 1.71 bits per heavy atom. The fourth-order valence-corrected chi connectivity index (χ4v) is 3.85. The number of nitrogens with one attached hydrogen (secondary N) is 1. The van der Waals surface area contributed by atoms with Crippen molar-refractivity contribution in [1.82, 2.24) is 4.72 Å². The molecule has 0 amide bonds. The Bertz CT molecular complexity index is 720. The molecule has 0 bridgehead atoms. The molecule has 0 aliphatic heterocycles. The topological polar surface area (TPSA) is 46.2 Å². The SMILES string of the molecule is O=S(=O)(NCC(Cl)c1ccccc1)c1cc(Cl)ccc1Cl. The standard InChI is InChI=1S/C14H12Cl3NO2S/c15-11-6-7-12(16)14(8-11)21(19,20)18-9-13(17)10-4-2-1-3-5-10/h1-8,13,18H,9H2. The van der Waals surface area contributed by atoms with Crippen LogP contribution in [0.1, 0.15) is 10.9 Å². The van der Waals surface area contributed by atoms with Crippen molar-refractivity contribution in [1.29, 1.82) is 0 Å². The number of rotatable bonds is 5. The highest BCUT2D eigenvalue weighted by atomic mass is 35.5. The first-order chi connectivity index (χ1) is 9.90. The second kappa shape index (κ2) is 6.99. The van der Waals surface area contributed by atoms with Gasteiger partial charge in [-0.3, -0.25) is 0 Å². The van der Waals surface area contributed by atoms with Crippen molar-refractivity contribution in [3.63, 3.8) is 0 Å². The normalized spacial score (nSPS) is 13.1. The lowest BCUT2D eigenvalue weighted by Gasteiger charge is -2.12. The molecule has 2 aromatic rings. The van der Waals surface area contributed by atoms with Gasteiger partial charge in [-0.15, -0.1) is 11.6 Å². The van der Waals surface area contributed by atoms with E-state index in [1.54, 1.807) is 0 Å². The fraction of sp³-hybridized carbons (Fsp3) is 0.143. The molecule has 0 aliphatic rings. The summed E-state index contributed by atoms with van der Waals surface area (Å²) in [4.78, 5) is -0.0615. The van der Waals surface area contributed by atoms with Gasteiger partial charge in [-0.25, -0.2) is 13.1 Å². The molecule has 7 heteroatoms. The Labute approximate surface area is 138 Å². The third-order valence-electron chi connectivity index (χ3n) is 2.80. The number of benzene rings is 2. The van der Waals surface area contributed by atoms with Crippen molar-refractivity contribution in [2.24, 2.45) is 0 Å². The van der Waals surface area contributed by atoms with E-state index >= 15 is 0 Å². The largest absolute Gasteiger partial charge is 0.242 e. The minimum Gasteiger partial charge on any atom is -0.209 e. The summed E-state index contributed by atoms with van der Waals surface area (Å²) in [5, 5.41) is -0.0677. The summed E-state index contributed by atoms with van der Waals surface area (Å²) >= 11 is 17.9. The van der Waals surface area contributed by atoms with E-state index in [4.69, 9.17) is 34.8 Å². The summed E-state index contributed by atoms with van der Waals surface area (Å²) in [5.74, 6) is 0. The van der Waals surface area contributed by atoms with Crippen LogP contribution in [0.25, 0.3) is 0 Å². The smallest absolute Gasteiger partial charge is 0.209 e. The highest BCUT2D eigenvalue weighted by Gasteiger charge is 2.20. The summed E-state index contributed by atoms with van der Waals surface area (Å²) in [6.07, 6.45) is 0. The predicted octanol–water partition coefficient (Wildman–Crippen LogP) is 4.25. The molecular weight excluding hydrogens is 353 g/mol. The molecule has 112 valence electrons. The molecule has 0 heterocycles. The Morgan fingerprint density at radius 3 is 2.38 bits per heavy atom. The van der Waals surface area contributed by atoms with Crippen LogP contribution in [0, 0.1) is 0 Å². The number of halogens is 3. The minimum atomic E-state index is -3.77. The van der Waals surface area contributed by atoms with Crippen LogP contribution in [0.5, 0.6) is 0 Å². The zero-order chi connectivity index (χ0) is 15.5. The molecule has 0 fully saturated rings. The van der Waals surface area contributed by atoms with Crippen molar-refractivity contribution in [3.8, 4) is 0 Å². The van der Waals surface area contributed by atoms with Crippen molar-refractivity contribution in [3.05, 3.63) is 64.1 Å². The minimum absolute atomic E-state index is 0.0523. The van der Waals surface area contributed by atoms with Gasteiger partial charge in [0.05, 0.1) is 10.4 Å². The van der Waals surface area contributed by atoms with E-state index in [1.807, 2.05) is 30.3 Å². The van der Waals surface area contributed by atoms with Gasteiger partial charge >= 0.3 is 0 Å². The lowest BCUT2D eigenvalue weighted by Crippen LogP contribution is -2.27. The Balaban J connectivity index is 2.13. The monoisotopic (exact) mass is 363 g/mol. The number of alkyl halides is 1. The summed E-state index contributed by atoms with van der Waals surface area (Å²) in [7, 11) is -3.77. The van der Waals surface area contributed by atoms with E-state index in [-0.39, 0.29) is 16.5 Å². The quantitative estimate of drug-likeness (QED) is 0.806. The number of hydrogen-bond acceptors (Lipinski definition) is 2. The molecule has 0 saturated heterocycles. The van der Waals surface area contributed by atoms with Crippen molar-refractivity contribution < 1.29 is 8.42 Å². The molecule has 2 aromatic carbocycles. The van der Waals surface area contributed by atoms with E-state index in [0.717, 1.165) is 5.56 Å². The second-order valence-corrected chi connectivity index (χ2v) is 7.41. The highest BCUT2D eigenvalue weighted by molar-refractivity contribution is 7.89. The first-order valence-electron chi connectivity index (χ1n) is 6.04. The van der Waals surface area contributed by atoms with E-state index < -0.39 is 15.4 Å². The average Bonchev–Trinajstić information content (AvgIpc) is 2.48. The second-order valence-electron chi connectivity index (χ2n) is 4.30. The highest BCUT2D eigenvalue weighted by Crippen LogP contribution is 2.26. The van der Waals surface area contributed by atoms with Gasteiger partial charge in [0.25, 0.3) is 0 Å². The van der Waals surface area contributed by atoms with Gasteiger partial charge in [-0.2, -0.15) is 0 Å². The van der Waals surface area contributed by atoms with Crippen LogP contribution >= 0.6 is 34.8 Å². The van der Waals surface area contributed by atoms with Crippen molar-refractivity contribution in [2.75, 3.05) is 6.54 Å². The van der Waals surface area contributed by atoms with Crippen LogP contribution in [0.2, 0.25) is 10.0 Å². The Morgan fingerprint density at radius 1 is 1.05 bits per heavy atom. The maximum atomic E-state index is 12.2. The molecule has 21 heavy (non-hydrogen) atoms. The van der Waals surface area contributed by atoms with E-state index in [2.05, 4.69) is 4.72 Å². The van der Waals surface area contributed by atoms with Gasteiger partial charge in [0, 0.05) is 11.6 Å². The predicted molar refractivity (Wildman–Crippen MR) is 86.7 cm³/mol. The van der Waals surface area contributed by atoms with Gasteiger partial charge < -0.3 is 0 Å². The van der Waals surface area contributed by atoms with E-state index in [9.17, 15) is 8.42 Å². The van der Waals surface area contributed by atoms with Crippen LogP contribution in [-0.2, 0) is 10.0 Å². The van der Waals surface area contributed by atoms with Crippen LogP contribution in [0.4, 0.5) is 0 Å². The van der Waals surface area contributed by atoms with Crippen LogP contribution in [0.3, 0.4) is 0 Å².